The third-order valence-electron chi connectivity index (χ3n) is 4.48. The quantitative estimate of drug-likeness (QED) is 0.863. The van der Waals surface area contributed by atoms with Crippen LogP contribution in [0.5, 0.6) is 0 Å². The summed E-state index contributed by atoms with van der Waals surface area (Å²) in [6.07, 6.45) is 7.09. The summed E-state index contributed by atoms with van der Waals surface area (Å²) in [4.78, 5) is 17.4. The molecule has 1 aromatic carbocycles. The monoisotopic (exact) mass is 316 g/mol. The normalized spacial score (nSPS) is 24.8. The van der Waals surface area contributed by atoms with E-state index in [0.29, 0.717) is 22.5 Å². The van der Waals surface area contributed by atoms with E-state index in [-0.39, 0.29) is 16.7 Å². The van der Waals surface area contributed by atoms with E-state index in [1.54, 1.807) is 18.2 Å². The molecule has 1 N–H and O–H groups in total. The van der Waals surface area contributed by atoms with Crippen molar-refractivity contribution < 1.29 is 13.2 Å². The summed E-state index contributed by atoms with van der Waals surface area (Å²) < 4.78 is 26.7. The largest absolute Gasteiger partial charge is 0.287 e. The summed E-state index contributed by atoms with van der Waals surface area (Å²) in [5.74, 6) is -0.176. The molecule has 0 aromatic heterocycles. The summed E-state index contributed by atoms with van der Waals surface area (Å²) in [6.45, 7) is 0. The van der Waals surface area contributed by atoms with Gasteiger partial charge in [-0.05, 0) is 25.0 Å². The average Bonchev–Trinajstić information content (AvgIpc) is 2.77. The number of nitrogens with zero attached hydrogens (tertiary/aromatic N) is 1. The van der Waals surface area contributed by atoms with Crippen LogP contribution >= 0.6 is 0 Å². The number of benzene rings is 1. The lowest BCUT2D eigenvalue weighted by Crippen LogP contribution is -2.23. The van der Waals surface area contributed by atoms with Gasteiger partial charge in [0.05, 0.1) is 16.6 Å². The average molecular weight is 316 g/mol. The standard InChI is InChI=1S/C16H16N2O3S/c19-16-11-7-4-8-14-15(11)12(18-22(14,20)21)9-13(16)17-10-5-2-1-3-6-10/h4,7-10,18H,1-3,5-6H2. The Morgan fingerprint density at radius 3 is 2.68 bits per heavy atom. The van der Waals surface area contributed by atoms with Crippen LogP contribution in [-0.4, -0.2) is 26.0 Å². The number of carbonyl (C=O) groups excluding carboxylic acids is 1. The number of ketones is 1. The van der Waals surface area contributed by atoms with Crippen molar-refractivity contribution in [1.29, 1.82) is 0 Å². The number of carbonyl (C=O) groups is 1. The van der Waals surface area contributed by atoms with Crippen molar-refractivity contribution in [3.05, 3.63) is 35.4 Å². The molecule has 2 aliphatic carbocycles. The second-order valence-electron chi connectivity index (χ2n) is 5.98. The molecule has 1 aromatic rings. The van der Waals surface area contributed by atoms with E-state index in [4.69, 9.17) is 0 Å². The Hall–Kier alpha value is -1.95. The van der Waals surface area contributed by atoms with E-state index in [1.807, 2.05) is 0 Å². The van der Waals surface area contributed by atoms with Crippen molar-refractivity contribution >= 4 is 27.2 Å². The fourth-order valence-corrected chi connectivity index (χ4v) is 4.72. The maximum Gasteiger partial charge on any atom is 0.262 e. The van der Waals surface area contributed by atoms with Gasteiger partial charge in [0.25, 0.3) is 10.0 Å². The molecule has 0 unspecified atom stereocenters. The molecule has 0 spiro atoms. The number of Topliss-reactive ketones (excluding diaryl/α,β-unsaturated/α-hetero) is 1. The topological polar surface area (TPSA) is 75.6 Å². The Labute approximate surface area is 129 Å². The second kappa shape index (κ2) is 4.78. The molecule has 1 fully saturated rings. The molecular formula is C16H16N2O3S. The van der Waals surface area contributed by atoms with Crippen LogP contribution in [0.1, 0.15) is 48.0 Å². The van der Waals surface area contributed by atoms with Crippen molar-refractivity contribution in [2.75, 3.05) is 0 Å². The van der Waals surface area contributed by atoms with Crippen molar-refractivity contribution in [2.45, 2.75) is 43.0 Å². The molecule has 5 nitrogen and oxygen atoms in total. The number of sulfonamides is 1. The summed E-state index contributed by atoms with van der Waals surface area (Å²) in [6, 6.07) is 4.98. The maximum atomic E-state index is 12.6. The fraction of sp³-hybridized carbons (Fsp3) is 0.375. The molecule has 0 amide bonds. The zero-order valence-electron chi connectivity index (χ0n) is 12.0. The van der Waals surface area contributed by atoms with Crippen LogP contribution in [0, 0.1) is 0 Å². The summed E-state index contributed by atoms with van der Waals surface area (Å²) >= 11 is 0. The minimum atomic E-state index is -3.55. The lowest BCUT2D eigenvalue weighted by molar-refractivity contribution is 0.106. The van der Waals surface area contributed by atoms with E-state index in [9.17, 15) is 13.2 Å². The molecule has 0 atom stereocenters. The Morgan fingerprint density at radius 1 is 1.14 bits per heavy atom. The number of rotatable bonds is 1. The molecule has 114 valence electrons. The highest BCUT2D eigenvalue weighted by molar-refractivity contribution is 7.90. The number of hydrogen-bond acceptors (Lipinski definition) is 4. The van der Waals surface area contributed by atoms with Crippen LogP contribution in [-0.2, 0) is 10.0 Å². The smallest absolute Gasteiger partial charge is 0.262 e. The first-order valence-electron chi connectivity index (χ1n) is 7.57. The van der Waals surface area contributed by atoms with Crippen LogP contribution < -0.4 is 4.72 Å². The molecule has 1 heterocycles. The highest BCUT2D eigenvalue weighted by Crippen LogP contribution is 2.36. The number of nitrogens with one attached hydrogen (secondary N) is 1. The molecular weight excluding hydrogens is 300 g/mol. The van der Waals surface area contributed by atoms with E-state index >= 15 is 0 Å². The molecule has 0 bridgehead atoms. The Morgan fingerprint density at radius 2 is 1.91 bits per heavy atom. The predicted octanol–water partition coefficient (Wildman–Crippen LogP) is 2.29. The van der Waals surface area contributed by atoms with E-state index in [1.165, 1.54) is 12.5 Å². The van der Waals surface area contributed by atoms with Crippen LogP contribution in [0.4, 0.5) is 0 Å². The summed E-state index contributed by atoms with van der Waals surface area (Å²) in [5.41, 5.74) is 1.77. The van der Waals surface area contributed by atoms with Crippen LogP contribution in [0.25, 0.3) is 5.70 Å². The SMILES string of the molecule is O=C1C(=NC2CCCCC2)C=C2NS(=O)(=O)c3cccc1c32. The van der Waals surface area contributed by atoms with Gasteiger partial charge in [0, 0.05) is 11.1 Å². The van der Waals surface area contributed by atoms with Gasteiger partial charge in [-0.25, -0.2) is 8.42 Å². The highest BCUT2D eigenvalue weighted by Gasteiger charge is 2.37. The molecule has 0 saturated heterocycles. The van der Waals surface area contributed by atoms with Gasteiger partial charge in [0.1, 0.15) is 5.71 Å². The maximum absolute atomic E-state index is 12.6. The zero-order valence-corrected chi connectivity index (χ0v) is 12.8. The Kier molecular flexibility index (Phi) is 2.97. The third-order valence-corrected chi connectivity index (χ3v) is 5.89. The molecule has 4 rings (SSSR count). The van der Waals surface area contributed by atoms with Gasteiger partial charge >= 0.3 is 0 Å². The number of aliphatic imine (C=N–C) groups is 1. The van der Waals surface area contributed by atoms with Gasteiger partial charge in [-0.3, -0.25) is 14.5 Å². The molecule has 3 aliphatic rings. The minimum absolute atomic E-state index is 0.173. The van der Waals surface area contributed by atoms with Gasteiger partial charge in [-0.2, -0.15) is 0 Å². The first kappa shape index (κ1) is 13.7. The number of allylic oxidation sites excluding steroid dienone is 1. The van der Waals surface area contributed by atoms with E-state index < -0.39 is 10.0 Å². The summed E-state index contributed by atoms with van der Waals surface area (Å²) in [7, 11) is -3.55. The molecule has 22 heavy (non-hydrogen) atoms. The van der Waals surface area contributed by atoms with Gasteiger partial charge in [0.15, 0.2) is 0 Å². The predicted molar refractivity (Wildman–Crippen MR) is 83.4 cm³/mol. The van der Waals surface area contributed by atoms with Crippen molar-refractivity contribution in [3.63, 3.8) is 0 Å². The van der Waals surface area contributed by atoms with Gasteiger partial charge in [-0.15, -0.1) is 0 Å². The van der Waals surface area contributed by atoms with Gasteiger partial charge < -0.3 is 0 Å². The molecule has 1 saturated carbocycles. The molecule has 6 heteroatoms. The van der Waals surface area contributed by atoms with Crippen molar-refractivity contribution in [1.82, 2.24) is 4.72 Å². The Bertz CT molecular complexity index is 831. The zero-order chi connectivity index (χ0) is 15.3. The van der Waals surface area contributed by atoms with Crippen LogP contribution in [0.2, 0.25) is 0 Å². The Balaban J connectivity index is 1.83. The number of hydrogen-bond donors (Lipinski definition) is 1. The van der Waals surface area contributed by atoms with E-state index in [2.05, 4.69) is 9.71 Å². The lowest BCUT2D eigenvalue weighted by atomic mass is 9.91. The molecule has 1 aliphatic heterocycles. The first-order valence-corrected chi connectivity index (χ1v) is 9.05. The third kappa shape index (κ3) is 2.01. The van der Waals surface area contributed by atoms with Crippen molar-refractivity contribution in [3.8, 4) is 0 Å². The van der Waals surface area contributed by atoms with Crippen LogP contribution in [0.15, 0.2) is 34.2 Å². The fourth-order valence-electron chi connectivity index (χ4n) is 3.42. The van der Waals surface area contributed by atoms with Crippen molar-refractivity contribution in [2.24, 2.45) is 4.99 Å². The first-order chi connectivity index (χ1) is 10.6. The van der Waals surface area contributed by atoms with E-state index in [0.717, 1.165) is 25.7 Å². The van der Waals surface area contributed by atoms with Gasteiger partial charge in [-0.1, -0.05) is 31.4 Å². The lowest BCUT2D eigenvalue weighted by Gasteiger charge is -2.20. The highest BCUT2D eigenvalue weighted by atomic mass is 32.2. The summed E-state index contributed by atoms with van der Waals surface area (Å²) in [5, 5.41) is 0. The van der Waals surface area contributed by atoms with Crippen LogP contribution in [0.3, 0.4) is 0 Å². The van der Waals surface area contributed by atoms with Gasteiger partial charge in [0.2, 0.25) is 5.78 Å². The molecule has 0 radical (unpaired) electrons. The second-order valence-corrected chi connectivity index (χ2v) is 7.63. The minimum Gasteiger partial charge on any atom is -0.287 e.